The maximum atomic E-state index is 12.3. The lowest BCUT2D eigenvalue weighted by molar-refractivity contribution is -0.385. The minimum atomic E-state index is -1.16. The fraction of sp³-hybridized carbons (Fsp3) is 0.467. The molecule has 0 spiro atoms. The molecular weight excluding hydrogens is 378 g/mol. The summed E-state index contributed by atoms with van der Waals surface area (Å²) in [7, 11) is 0. The number of carboxylic acid groups (broad SMARTS) is 1. The molecule has 3 rings (SSSR count). The van der Waals surface area contributed by atoms with Crippen molar-refractivity contribution in [2.24, 2.45) is 0 Å². The van der Waals surface area contributed by atoms with Crippen molar-refractivity contribution in [3.05, 3.63) is 33.3 Å². The van der Waals surface area contributed by atoms with Gasteiger partial charge in [0.25, 0.3) is 5.91 Å². The second-order valence-electron chi connectivity index (χ2n) is 6.23. The predicted octanol–water partition coefficient (Wildman–Crippen LogP) is 0.248. The van der Waals surface area contributed by atoms with Gasteiger partial charge in [-0.15, -0.1) is 11.8 Å². The number of rotatable bonds is 6. The lowest BCUT2D eigenvalue weighted by Gasteiger charge is -2.49. The van der Waals surface area contributed by atoms with E-state index >= 15 is 0 Å². The van der Waals surface area contributed by atoms with E-state index < -0.39 is 34.1 Å². The van der Waals surface area contributed by atoms with Crippen LogP contribution in [0.25, 0.3) is 0 Å². The molecule has 0 aliphatic carbocycles. The lowest BCUT2D eigenvalue weighted by Crippen LogP contribution is -2.70. The van der Waals surface area contributed by atoms with Crippen molar-refractivity contribution in [1.82, 2.24) is 20.0 Å². The largest absolute Gasteiger partial charge is 0.477 e. The van der Waals surface area contributed by atoms with Gasteiger partial charge in [-0.05, 0) is 19.4 Å². The van der Waals surface area contributed by atoms with Crippen molar-refractivity contribution in [1.29, 1.82) is 0 Å². The molecule has 2 aliphatic rings. The first-order valence-electron chi connectivity index (χ1n) is 8.06. The number of nitrogens with one attached hydrogen (secondary N) is 1. The first-order chi connectivity index (χ1) is 12.7. The van der Waals surface area contributed by atoms with E-state index in [1.54, 1.807) is 6.92 Å². The number of carbonyl (C=O) groups is 3. The molecule has 2 atom stereocenters. The summed E-state index contributed by atoms with van der Waals surface area (Å²) in [4.78, 5) is 47.3. The topological polar surface area (TPSA) is 148 Å². The molecule has 2 N–H and O–H groups in total. The summed E-state index contributed by atoms with van der Waals surface area (Å²) in [5.74, 6) is -1.55. The number of nitrogens with zero attached hydrogens (tertiary/aromatic N) is 4. The summed E-state index contributed by atoms with van der Waals surface area (Å²) in [6, 6.07) is -0.780. The first kappa shape index (κ1) is 18.9. The van der Waals surface area contributed by atoms with E-state index in [-0.39, 0.29) is 24.4 Å². The summed E-state index contributed by atoms with van der Waals surface area (Å²) in [6.07, 6.45) is 1.11. The number of amides is 2. The number of aryl methyl sites for hydroxylation is 1. The van der Waals surface area contributed by atoms with Crippen LogP contribution in [0.3, 0.4) is 0 Å². The van der Waals surface area contributed by atoms with Gasteiger partial charge in [-0.3, -0.25) is 29.3 Å². The highest BCUT2D eigenvalue weighted by Crippen LogP contribution is 2.40. The van der Waals surface area contributed by atoms with Crippen LogP contribution in [-0.4, -0.2) is 59.7 Å². The highest BCUT2D eigenvalue weighted by molar-refractivity contribution is 8.00. The van der Waals surface area contributed by atoms with Gasteiger partial charge in [-0.25, -0.2) is 4.79 Å². The van der Waals surface area contributed by atoms with E-state index in [0.717, 1.165) is 6.20 Å². The van der Waals surface area contributed by atoms with E-state index in [9.17, 15) is 29.6 Å². The number of hydrogen-bond acceptors (Lipinski definition) is 7. The second kappa shape index (κ2) is 7.02. The molecule has 1 aromatic rings. The van der Waals surface area contributed by atoms with Crippen molar-refractivity contribution in [2.75, 3.05) is 5.75 Å². The third-order valence-electron chi connectivity index (χ3n) is 4.50. The van der Waals surface area contributed by atoms with Gasteiger partial charge in [0.15, 0.2) is 0 Å². The summed E-state index contributed by atoms with van der Waals surface area (Å²) in [5.41, 5.74) is 0.807. The number of aromatic nitrogens is 2. The van der Waals surface area contributed by atoms with E-state index in [0.29, 0.717) is 17.0 Å². The zero-order valence-electron chi connectivity index (χ0n) is 14.5. The van der Waals surface area contributed by atoms with Crippen molar-refractivity contribution in [3.8, 4) is 0 Å². The summed E-state index contributed by atoms with van der Waals surface area (Å²) >= 11 is 1.40. The van der Waals surface area contributed by atoms with Crippen molar-refractivity contribution in [3.63, 3.8) is 0 Å². The standard InChI is InChI=1S/C15H17N5O6S/c1-7-6-27-14-11(13(22)19(14)12(7)15(23)24)17-10(21)3-4-18-8(2)9(5-16-18)20(25)26/h5,11,14H,3-4,6H2,1-2H3,(H,17,21)(H,23,24)/t11-,14-/m1/s1. The number of β-lactam (4-membered cyclic amide) rings is 1. The zero-order chi connectivity index (χ0) is 19.9. The van der Waals surface area contributed by atoms with Crippen LogP contribution in [0.15, 0.2) is 17.5 Å². The SMILES string of the molecule is CC1=C(C(=O)O)N2C(=O)[C@@H](NC(=O)CCn3ncc([N+](=O)[O-])c3C)[C@H]2SC1. The molecule has 144 valence electrons. The molecule has 3 heterocycles. The molecule has 0 unspecified atom stereocenters. The summed E-state index contributed by atoms with van der Waals surface area (Å²) in [5, 5.41) is 26.2. The molecule has 11 nitrogen and oxygen atoms in total. The Balaban J connectivity index is 1.59. The molecule has 2 amide bonds. The Hall–Kier alpha value is -2.89. The van der Waals surface area contributed by atoms with Crippen LogP contribution in [0.5, 0.6) is 0 Å². The molecule has 0 radical (unpaired) electrons. The number of aliphatic carboxylic acids is 1. The Labute approximate surface area is 157 Å². The summed E-state index contributed by atoms with van der Waals surface area (Å²) < 4.78 is 1.36. The Morgan fingerprint density at radius 3 is 2.78 bits per heavy atom. The molecule has 27 heavy (non-hydrogen) atoms. The third-order valence-corrected chi connectivity index (χ3v) is 5.93. The van der Waals surface area contributed by atoms with Crippen molar-refractivity contribution in [2.45, 2.75) is 38.2 Å². The van der Waals surface area contributed by atoms with E-state index in [2.05, 4.69) is 10.4 Å². The number of carbonyl (C=O) groups excluding carboxylic acids is 2. The minimum Gasteiger partial charge on any atom is -0.477 e. The van der Waals surface area contributed by atoms with Gasteiger partial charge in [0.2, 0.25) is 5.91 Å². The van der Waals surface area contributed by atoms with Crippen LogP contribution < -0.4 is 5.32 Å². The quantitative estimate of drug-likeness (QED) is 0.396. The number of hydrogen-bond donors (Lipinski definition) is 2. The van der Waals surface area contributed by atoms with Crippen molar-refractivity contribution >= 4 is 35.2 Å². The average Bonchev–Trinajstić information content (AvgIpc) is 2.98. The van der Waals surface area contributed by atoms with Crippen LogP contribution >= 0.6 is 11.8 Å². The van der Waals surface area contributed by atoms with Gasteiger partial charge in [-0.1, -0.05) is 0 Å². The van der Waals surface area contributed by atoms with E-state index in [4.69, 9.17) is 0 Å². The Kier molecular flexibility index (Phi) is 4.91. The van der Waals surface area contributed by atoms with Gasteiger partial charge >= 0.3 is 11.7 Å². The number of thioether (sulfide) groups is 1. The normalized spacial score (nSPS) is 21.6. The fourth-order valence-electron chi connectivity index (χ4n) is 3.07. The van der Waals surface area contributed by atoms with Crippen LogP contribution in [0.4, 0.5) is 5.69 Å². The lowest BCUT2D eigenvalue weighted by atomic mass is 10.0. The number of nitro groups is 1. The van der Waals surface area contributed by atoms with E-state index in [1.165, 1.54) is 28.3 Å². The molecule has 0 bridgehead atoms. The van der Waals surface area contributed by atoms with Gasteiger partial charge in [0, 0.05) is 12.2 Å². The monoisotopic (exact) mass is 395 g/mol. The summed E-state index contributed by atoms with van der Waals surface area (Å²) in [6.45, 7) is 3.34. The molecule has 1 fully saturated rings. The maximum Gasteiger partial charge on any atom is 0.352 e. The zero-order valence-corrected chi connectivity index (χ0v) is 15.4. The van der Waals surface area contributed by atoms with Gasteiger partial charge in [-0.2, -0.15) is 5.10 Å². The molecule has 0 aromatic carbocycles. The molecule has 1 aromatic heterocycles. The van der Waals surface area contributed by atoms with Crippen LogP contribution in [0, 0.1) is 17.0 Å². The molecule has 1 saturated heterocycles. The Morgan fingerprint density at radius 2 is 2.19 bits per heavy atom. The molecular formula is C15H17N5O6S. The second-order valence-corrected chi connectivity index (χ2v) is 7.34. The molecule has 12 heteroatoms. The maximum absolute atomic E-state index is 12.3. The highest BCUT2D eigenvalue weighted by atomic mass is 32.2. The number of carboxylic acids is 1. The Morgan fingerprint density at radius 1 is 1.48 bits per heavy atom. The Bertz CT molecular complexity index is 878. The van der Waals surface area contributed by atoms with Crippen LogP contribution in [0.2, 0.25) is 0 Å². The van der Waals surface area contributed by atoms with Crippen molar-refractivity contribution < 1.29 is 24.4 Å². The smallest absolute Gasteiger partial charge is 0.352 e. The van der Waals surface area contributed by atoms with Gasteiger partial charge in [0.1, 0.15) is 29.0 Å². The van der Waals surface area contributed by atoms with Crippen LogP contribution in [0.1, 0.15) is 19.0 Å². The highest BCUT2D eigenvalue weighted by Gasteiger charge is 2.53. The average molecular weight is 395 g/mol. The number of fused-ring (bicyclic) bond motifs is 1. The molecule has 0 saturated carbocycles. The van der Waals surface area contributed by atoms with Crippen LogP contribution in [-0.2, 0) is 20.9 Å². The predicted molar refractivity (Wildman–Crippen MR) is 93.6 cm³/mol. The third kappa shape index (κ3) is 3.27. The van der Waals surface area contributed by atoms with E-state index in [1.807, 2.05) is 0 Å². The van der Waals surface area contributed by atoms with Gasteiger partial charge in [0.05, 0.1) is 11.5 Å². The minimum absolute atomic E-state index is 0.0124. The first-order valence-corrected chi connectivity index (χ1v) is 9.11. The fourth-order valence-corrected chi connectivity index (χ4v) is 4.36. The van der Waals surface area contributed by atoms with Gasteiger partial charge < -0.3 is 10.4 Å². The molecule has 2 aliphatic heterocycles.